The predicted octanol–water partition coefficient (Wildman–Crippen LogP) is 2.22. The van der Waals surface area contributed by atoms with Crippen LogP contribution in [0, 0.1) is 0 Å². The van der Waals surface area contributed by atoms with Crippen LogP contribution in [0.5, 0.6) is 0 Å². The van der Waals surface area contributed by atoms with Crippen LogP contribution in [-0.2, 0) is 0 Å². The Labute approximate surface area is 130 Å². The minimum atomic E-state index is -1.12. The molecular formula is C18H21NO3. The number of rotatable bonds is 6. The minimum Gasteiger partial charge on any atom is -0.396 e. The highest BCUT2D eigenvalue weighted by molar-refractivity contribution is 6.00. The molecule has 0 radical (unpaired) electrons. The molecule has 0 spiro atoms. The first-order valence-electron chi connectivity index (χ1n) is 7.29. The fourth-order valence-corrected chi connectivity index (χ4v) is 2.25. The van der Waals surface area contributed by atoms with Crippen molar-refractivity contribution in [1.82, 2.24) is 5.32 Å². The maximum absolute atomic E-state index is 12.4. The van der Waals surface area contributed by atoms with E-state index in [0.29, 0.717) is 5.56 Å². The molecule has 1 unspecified atom stereocenters. The summed E-state index contributed by atoms with van der Waals surface area (Å²) in [5.74, 6) is -0.238. The number of aliphatic hydroxyl groups is 2. The highest BCUT2D eigenvalue weighted by Crippen LogP contribution is 2.23. The second-order valence-corrected chi connectivity index (χ2v) is 5.56. The zero-order valence-corrected chi connectivity index (χ0v) is 12.6. The van der Waals surface area contributed by atoms with Gasteiger partial charge in [0.25, 0.3) is 5.91 Å². The van der Waals surface area contributed by atoms with E-state index in [9.17, 15) is 9.90 Å². The number of amides is 1. The van der Waals surface area contributed by atoms with Gasteiger partial charge in [-0.1, -0.05) is 48.5 Å². The molecule has 2 rings (SSSR count). The van der Waals surface area contributed by atoms with Crippen molar-refractivity contribution in [3.63, 3.8) is 0 Å². The molecule has 0 aliphatic heterocycles. The van der Waals surface area contributed by atoms with Crippen LogP contribution in [0.25, 0.3) is 11.1 Å². The Kier molecular flexibility index (Phi) is 5.31. The minimum absolute atomic E-state index is 0.0928. The van der Waals surface area contributed by atoms with Crippen molar-refractivity contribution >= 4 is 5.91 Å². The lowest BCUT2D eigenvalue weighted by atomic mass is 9.98. The fraction of sp³-hybridized carbons (Fsp3) is 0.278. The Morgan fingerprint density at radius 1 is 1.09 bits per heavy atom. The largest absolute Gasteiger partial charge is 0.396 e. The Balaban J connectivity index is 2.17. The van der Waals surface area contributed by atoms with Crippen LogP contribution < -0.4 is 5.32 Å². The second-order valence-electron chi connectivity index (χ2n) is 5.56. The van der Waals surface area contributed by atoms with Crippen LogP contribution >= 0.6 is 0 Å². The first-order valence-corrected chi connectivity index (χ1v) is 7.29. The third kappa shape index (κ3) is 4.16. The quantitative estimate of drug-likeness (QED) is 0.766. The zero-order chi connectivity index (χ0) is 16.0. The van der Waals surface area contributed by atoms with E-state index in [4.69, 9.17) is 5.11 Å². The Bertz CT molecular complexity index is 623. The lowest BCUT2D eigenvalue weighted by molar-refractivity contribution is 0.0324. The van der Waals surface area contributed by atoms with Gasteiger partial charge in [0.05, 0.1) is 5.60 Å². The van der Waals surface area contributed by atoms with Crippen LogP contribution in [0.4, 0.5) is 0 Å². The molecule has 3 N–H and O–H groups in total. The van der Waals surface area contributed by atoms with E-state index < -0.39 is 5.60 Å². The molecular weight excluding hydrogens is 278 g/mol. The molecule has 116 valence electrons. The van der Waals surface area contributed by atoms with Gasteiger partial charge in [-0.05, 0) is 24.1 Å². The number of carbonyl (C=O) groups excluding carboxylic acids is 1. The highest BCUT2D eigenvalue weighted by atomic mass is 16.3. The van der Waals surface area contributed by atoms with E-state index in [-0.39, 0.29) is 25.5 Å². The van der Waals surface area contributed by atoms with Crippen molar-refractivity contribution in [3.05, 3.63) is 60.2 Å². The van der Waals surface area contributed by atoms with Gasteiger partial charge >= 0.3 is 0 Å². The van der Waals surface area contributed by atoms with Crippen LogP contribution in [0.2, 0.25) is 0 Å². The van der Waals surface area contributed by atoms with Crippen molar-refractivity contribution < 1.29 is 15.0 Å². The van der Waals surface area contributed by atoms with Crippen LogP contribution in [0.15, 0.2) is 54.6 Å². The standard InChI is InChI=1S/C18H21NO3/c1-18(22,11-12-20)13-19-17(21)16-10-6-5-9-15(16)14-7-3-2-4-8-14/h2-10,20,22H,11-13H2,1H3,(H,19,21). The normalized spacial score (nSPS) is 13.4. The first-order chi connectivity index (χ1) is 10.5. The summed E-state index contributed by atoms with van der Waals surface area (Å²) in [6.07, 6.45) is 0.216. The lowest BCUT2D eigenvalue weighted by Crippen LogP contribution is -2.41. The SMILES string of the molecule is CC(O)(CCO)CNC(=O)c1ccccc1-c1ccccc1. The Hall–Kier alpha value is -2.17. The van der Waals surface area contributed by atoms with Crippen molar-refractivity contribution in [2.24, 2.45) is 0 Å². The van der Waals surface area contributed by atoms with Gasteiger partial charge in [-0.2, -0.15) is 0 Å². The summed E-state index contributed by atoms with van der Waals surface area (Å²) in [4.78, 5) is 12.4. The van der Waals surface area contributed by atoms with Gasteiger partial charge < -0.3 is 15.5 Å². The molecule has 0 heterocycles. The van der Waals surface area contributed by atoms with Gasteiger partial charge in [-0.15, -0.1) is 0 Å². The van der Waals surface area contributed by atoms with E-state index in [0.717, 1.165) is 11.1 Å². The van der Waals surface area contributed by atoms with E-state index in [1.807, 2.05) is 48.5 Å². The monoisotopic (exact) mass is 299 g/mol. The molecule has 0 aromatic heterocycles. The van der Waals surface area contributed by atoms with Crippen molar-refractivity contribution in [1.29, 1.82) is 0 Å². The molecule has 4 nitrogen and oxygen atoms in total. The van der Waals surface area contributed by atoms with Crippen molar-refractivity contribution in [3.8, 4) is 11.1 Å². The average Bonchev–Trinajstić information content (AvgIpc) is 2.53. The third-order valence-corrected chi connectivity index (χ3v) is 3.54. The van der Waals surface area contributed by atoms with Gasteiger partial charge in [-0.25, -0.2) is 0 Å². The maximum atomic E-state index is 12.4. The summed E-state index contributed by atoms with van der Waals surface area (Å²) in [6, 6.07) is 17.1. The van der Waals surface area contributed by atoms with E-state index in [1.165, 1.54) is 0 Å². The summed E-state index contributed by atoms with van der Waals surface area (Å²) in [6.45, 7) is 1.56. The summed E-state index contributed by atoms with van der Waals surface area (Å²) in [5, 5.41) is 21.7. The van der Waals surface area contributed by atoms with Gasteiger partial charge in [0.2, 0.25) is 0 Å². The number of nitrogens with one attached hydrogen (secondary N) is 1. The zero-order valence-electron chi connectivity index (χ0n) is 12.6. The molecule has 0 bridgehead atoms. The van der Waals surface area contributed by atoms with Crippen LogP contribution in [-0.4, -0.2) is 34.9 Å². The van der Waals surface area contributed by atoms with Crippen LogP contribution in [0.3, 0.4) is 0 Å². The summed E-state index contributed by atoms with van der Waals surface area (Å²) in [5.41, 5.74) is 1.26. The van der Waals surface area contributed by atoms with Gasteiger partial charge in [0.1, 0.15) is 0 Å². The van der Waals surface area contributed by atoms with Gasteiger partial charge in [0, 0.05) is 25.1 Å². The summed E-state index contributed by atoms with van der Waals surface area (Å²) >= 11 is 0. The molecule has 0 aliphatic carbocycles. The van der Waals surface area contributed by atoms with Gasteiger partial charge in [-0.3, -0.25) is 4.79 Å². The number of benzene rings is 2. The summed E-state index contributed by atoms with van der Waals surface area (Å²) in [7, 11) is 0. The first kappa shape index (κ1) is 16.2. The van der Waals surface area contributed by atoms with Crippen LogP contribution in [0.1, 0.15) is 23.7 Å². The third-order valence-electron chi connectivity index (χ3n) is 3.54. The molecule has 0 saturated carbocycles. The number of carbonyl (C=O) groups is 1. The average molecular weight is 299 g/mol. The van der Waals surface area contributed by atoms with E-state index in [2.05, 4.69) is 5.32 Å². The number of hydrogen-bond acceptors (Lipinski definition) is 3. The molecule has 1 amide bonds. The number of aliphatic hydroxyl groups excluding tert-OH is 1. The predicted molar refractivity (Wildman–Crippen MR) is 86.5 cm³/mol. The topological polar surface area (TPSA) is 69.6 Å². The summed E-state index contributed by atoms with van der Waals surface area (Å²) < 4.78 is 0. The number of hydrogen-bond donors (Lipinski definition) is 3. The highest BCUT2D eigenvalue weighted by Gasteiger charge is 2.21. The second kappa shape index (κ2) is 7.20. The molecule has 22 heavy (non-hydrogen) atoms. The van der Waals surface area contributed by atoms with Crippen molar-refractivity contribution in [2.45, 2.75) is 18.9 Å². The van der Waals surface area contributed by atoms with Crippen molar-refractivity contribution in [2.75, 3.05) is 13.2 Å². The van der Waals surface area contributed by atoms with E-state index in [1.54, 1.807) is 13.0 Å². The Morgan fingerprint density at radius 2 is 1.73 bits per heavy atom. The smallest absolute Gasteiger partial charge is 0.252 e. The Morgan fingerprint density at radius 3 is 2.41 bits per heavy atom. The fourth-order valence-electron chi connectivity index (χ4n) is 2.25. The molecule has 0 aliphatic rings. The maximum Gasteiger partial charge on any atom is 0.252 e. The molecule has 0 fully saturated rings. The molecule has 0 saturated heterocycles. The van der Waals surface area contributed by atoms with E-state index >= 15 is 0 Å². The molecule has 4 heteroatoms. The molecule has 2 aromatic rings. The van der Waals surface area contributed by atoms with Gasteiger partial charge in [0.15, 0.2) is 0 Å². The molecule has 1 atom stereocenters. The molecule has 2 aromatic carbocycles. The lowest BCUT2D eigenvalue weighted by Gasteiger charge is -2.22.